The molecule has 6 heteroatoms. The van der Waals surface area contributed by atoms with Crippen LogP contribution in [0.2, 0.25) is 0 Å². The maximum absolute atomic E-state index is 13.8. The quantitative estimate of drug-likeness (QED) is 0.498. The van der Waals surface area contributed by atoms with Crippen LogP contribution in [0.5, 0.6) is 0 Å². The Hall–Kier alpha value is -3.67. The van der Waals surface area contributed by atoms with Crippen molar-refractivity contribution in [3.05, 3.63) is 77.8 Å². The van der Waals surface area contributed by atoms with Gasteiger partial charge in [-0.15, -0.1) is 0 Å². The highest BCUT2D eigenvalue weighted by molar-refractivity contribution is 6.08. The zero-order valence-electron chi connectivity index (χ0n) is 15.7. The largest absolute Gasteiger partial charge is 0.464 e. The summed E-state index contributed by atoms with van der Waals surface area (Å²) in [6, 6.07) is 16.1. The van der Waals surface area contributed by atoms with E-state index in [1.54, 1.807) is 13.0 Å². The van der Waals surface area contributed by atoms with E-state index in [1.165, 1.54) is 18.4 Å². The Morgan fingerprint density at radius 3 is 2.76 bits per heavy atom. The van der Waals surface area contributed by atoms with E-state index in [2.05, 4.69) is 5.32 Å². The van der Waals surface area contributed by atoms with Gasteiger partial charge in [0, 0.05) is 10.9 Å². The van der Waals surface area contributed by atoms with Crippen LogP contribution < -0.4 is 5.32 Å². The number of esters is 1. The summed E-state index contributed by atoms with van der Waals surface area (Å²) in [7, 11) is 0. The molecule has 0 radical (unpaired) electrons. The second-order valence-corrected chi connectivity index (χ2v) is 6.79. The van der Waals surface area contributed by atoms with Crippen LogP contribution in [0.15, 0.2) is 65.3 Å². The molecule has 5 nitrogen and oxygen atoms in total. The lowest BCUT2D eigenvalue weighted by molar-refractivity contribution is -0.146. The van der Waals surface area contributed by atoms with E-state index in [4.69, 9.17) is 9.15 Å². The number of aryl methyl sites for hydroxylation is 1. The van der Waals surface area contributed by atoms with E-state index >= 15 is 0 Å². The standard InChI is InChI=1S/C23H18FNO4/c1-14-6-8-19(18(24)10-14)25-21(26)13-29-22(27)11-16-12-28-20-9-7-15-4-2-3-5-17(15)23(16)20/h2-10,12H,11,13H2,1H3,(H,25,26). The summed E-state index contributed by atoms with van der Waals surface area (Å²) >= 11 is 0. The van der Waals surface area contributed by atoms with E-state index < -0.39 is 24.3 Å². The van der Waals surface area contributed by atoms with Crippen LogP contribution in [0.25, 0.3) is 21.7 Å². The molecule has 0 saturated carbocycles. The van der Waals surface area contributed by atoms with Crippen molar-refractivity contribution >= 4 is 39.3 Å². The average molecular weight is 391 g/mol. The smallest absolute Gasteiger partial charge is 0.310 e. The molecule has 4 rings (SSSR count). The Morgan fingerprint density at radius 2 is 1.93 bits per heavy atom. The Balaban J connectivity index is 1.42. The highest BCUT2D eigenvalue weighted by Gasteiger charge is 2.15. The molecule has 0 bridgehead atoms. The lowest BCUT2D eigenvalue weighted by Crippen LogP contribution is -2.22. The van der Waals surface area contributed by atoms with Crippen LogP contribution in [-0.2, 0) is 20.7 Å². The molecule has 0 fully saturated rings. The fourth-order valence-corrected chi connectivity index (χ4v) is 3.26. The zero-order valence-corrected chi connectivity index (χ0v) is 15.7. The monoisotopic (exact) mass is 391 g/mol. The van der Waals surface area contributed by atoms with Crippen molar-refractivity contribution in [2.24, 2.45) is 0 Å². The first-order chi connectivity index (χ1) is 14.0. The number of hydrogen-bond acceptors (Lipinski definition) is 4. The molecule has 3 aromatic carbocycles. The third kappa shape index (κ3) is 3.96. The molecule has 0 spiro atoms. The summed E-state index contributed by atoms with van der Waals surface area (Å²) in [4.78, 5) is 24.2. The Kier molecular flexibility index (Phi) is 4.99. The SMILES string of the molecule is Cc1ccc(NC(=O)COC(=O)Cc2coc3ccc4ccccc4c23)c(F)c1. The number of amides is 1. The number of carbonyl (C=O) groups excluding carboxylic acids is 2. The summed E-state index contributed by atoms with van der Waals surface area (Å²) in [5, 5.41) is 5.27. The number of benzene rings is 3. The van der Waals surface area contributed by atoms with Crippen molar-refractivity contribution < 1.29 is 23.1 Å². The van der Waals surface area contributed by atoms with Gasteiger partial charge >= 0.3 is 5.97 Å². The molecule has 1 N–H and O–H groups in total. The second kappa shape index (κ2) is 7.75. The van der Waals surface area contributed by atoms with Crippen molar-refractivity contribution in [1.82, 2.24) is 0 Å². The fourth-order valence-electron chi connectivity index (χ4n) is 3.26. The zero-order chi connectivity index (χ0) is 20.4. The van der Waals surface area contributed by atoms with Crippen LogP contribution in [0.4, 0.5) is 10.1 Å². The predicted molar refractivity (Wildman–Crippen MR) is 108 cm³/mol. The molecule has 0 atom stereocenters. The molecular formula is C23H18FNO4. The lowest BCUT2D eigenvalue weighted by atomic mass is 10.0. The molecule has 146 valence electrons. The average Bonchev–Trinajstić information content (AvgIpc) is 3.12. The number of anilines is 1. The number of carbonyl (C=O) groups is 2. The van der Waals surface area contributed by atoms with Crippen LogP contribution in [-0.4, -0.2) is 18.5 Å². The van der Waals surface area contributed by atoms with E-state index in [1.807, 2.05) is 36.4 Å². The highest BCUT2D eigenvalue weighted by atomic mass is 19.1. The van der Waals surface area contributed by atoms with Gasteiger partial charge in [0.05, 0.1) is 18.4 Å². The molecule has 4 aromatic rings. The summed E-state index contributed by atoms with van der Waals surface area (Å²) in [6.07, 6.45) is 1.49. The molecule has 1 aromatic heterocycles. The van der Waals surface area contributed by atoms with Gasteiger partial charge < -0.3 is 14.5 Å². The lowest BCUT2D eigenvalue weighted by Gasteiger charge is -2.08. The first-order valence-electron chi connectivity index (χ1n) is 9.11. The number of ether oxygens (including phenoxy) is 1. The molecule has 0 unspecified atom stereocenters. The van der Waals surface area contributed by atoms with Gasteiger partial charge in [0.25, 0.3) is 5.91 Å². The van der Waals surface area contributed by atoms with Gasteiger partial charge in [0.1, 0.15) is 11.4 Å². The van der Waals surface area contributed by atoms with Gasteiger partial charge in [0.2, 0.25) is 0 Å². The topological polar surface area (TPSA) is 68.5 Å². The number of fused-ring (bicyclic) bond motifs is 3. The maximum atomic E-state index is 13.8. The van der Waals surface area contributed by atoms with Gasteiger partial charge in [-0.25, -0.2) is 4.39 Å². The van der Waals surface area contributed by atoms with Crippen LogP contribution >= 0.6 is 0 Å². The minimum absolute atomic E-state index is 0.0345. The molecule has 0 aliphatic rings. The fraction of sp³-hybridized carbons (Fsp3) is 0.130. The number of nitrogens with one attached hydrogen (secondary N) is 1. The molecule has 1 heterocycles. The third-order valence-electron chi connectivity index (χ3n) is 4.64. The summed E-state index contributed by atoms with van der Waals surface area (Å²) in [5.74, 6) is -1.72. The molecule has 0 saturated heterocycles. The normalized spacial score (nSPS) is 11.0. The third-order valence-corrected chi connectivity index (χ3v) is 4.64. The molecule has 1 amide bonds. The highest BCUT2D eigenvalue weighted by Crippen LogP contribution is 2.30. The van der Waals surface area contributed by atoms with E-state index in [9.17, 15) is 14.0 Å². The predicted octanol–water partition coefficient (Wildman–Crippen LogP) is 4.76. The van der Waals surface area contributed by atoms with E-state index in [-0.39, 0.29) is 12.1 Å². The van der Waals surface area contributed by atoms with E-state index in [0.29, 0.717) is 11.1 Å². The van der Waals surface area contributed by atoms with Crippen LogP contribution in [0, 0.1) is 12.7 Å². The first kappa shape index (κ1) is 18.7. The Bertz CT molecular complexity index is 1230. The molecular weight excluding hydrogens is 373 g/mol. The van der Waals surface area contributed by atoms with Crippen molar-refractivity contribution in [3.8, 4) is 0 Å². The molecule has 0 aliphatic heterocycles. The number of hydrogen-bond donors (Lipinski definition) is 1. The van der Waals surface area contributed by atoms with Gasteiger partial charge in [-0.2, -0.15) is 0 Å². The molecule has 0 aliphatic carbocycles. The van der Waals surface area contributed by atoms with Crippen molar-refractivity contribution in [3.63, 3.8) is 0 Å². The van der Waals surface area contributed by atoms with Crippen LogP contribution in [0.1, 0.15) is 11.1 Å². The van der Waals surface area contributed by atoms with Gasteiger partial charge in [0.15, 0.2) is 6.61 Å². The van der Waals surface area contributed by atoms with E-state index in [0.717, 1.165) is 21.7 Å². The summed E-state index contributed by atoms with van der Waals surface area (Å²) < 4.78 is 24.4. The van der Waals surface area contributed by atoms with Crippen molar-refractivity contribution in [1.29, 1.82) is 0 Å². The minimum Gasteiger partial charge on any atom is -0.464 e. The number of furan rings is 1. The Labute approximate surface area is 166 Å². The summed E-state index contributed by atoms with van der Waals surface area (Å²) in [5.41, 5.74) is 2.15. The number of rotatable bonds is 5. The first-order valence-corrected chi connectivity index (χ1v) is 9.11. The van der Waals surface area contributed by atoms with Crippen molar-refractivity contribution in [2.75, 3.05) is 11.9 Å². The minimum atomic E-state index is -0.608. The Morgan fingerprint density at radius 1 is 1.10 bits per heavy atom. The second-order valence-electron chi connectivity index (χ2n) is 6.79. The van der Waals surface area contributed by atoms with Crippen LogP contribution in [0.3, 0.4) is 0 Å². The number of halogens is 1. The van der Waals surface area contributed by atoms with Gasteiger partial charge in [-0.05, 0) is 41.5 Å². The van der Waals surface area contributed by atoms with Gasteiger partial charge in [-0.3, -0.25) is 9.59 Å². The summed E-state index contributed by atoms with van der Waals surface area (Å²) in [6.45, 7) is 1.25. The maximum Gasteiger partial charge on any atom is 0.310 e. The van der Waals surface area contributed by atoms with Crippen molar-refractivity contribution in [2.45, 2.75) is 13.3 Å². The van der Waals surface area contributed by atoms with Gasteiger partial charge in [-0.1, -0.05) is 36.4 Å². The molecule has 29 heavy (non-hydrogen) atoms.